The van der Waals surface area contributed by atoms with Crippen molar-refractivity contribution >= 4 is 23.4 Å². The number of carbonyl (C=O) groups excluding carboxylic acids is 2. The lowest BCUT2D eigenvalue weighted by Gasteiger charge is -2.41. The number of nitrogens with zero attached hydrogens (tertiary/aromatic N) is 4. The molecule has 0 aromatic heterocycles. The lowest BCUT2D eigenvalue weighted by Crippen LogP contribution is -2.52. The third-order valence-corrected chi connectivity index (χ3v) is 7.78. The van der Waals surface area contributed by atoms with Gasteiger partial charge in [-0.1, -0.05) is 43.0 Å². The van der Waals surface area contributed by atoms with Crippen LogP contribution in [0.1, 0.15) is 41.6 Å². The zero-order chi connectivity index (χ0) is 25.5. The monoisotopic (exact) mass is 498 g/mol. The van der Waals surface area contributed by atoms with E-state index in [0.29, 0.717) is 24.0 Å². The first-order valence-electron chi connectivity index (χ1n) is 13.0. The van der Waals surface area contributed by atoms with Crippen molar-refractivity contribution in [3.05, 3.63) is 89.9 Å². The Morgan fingerprint density at radius 2 is 1.92 bits per heavy atom. The summed E-state index contributed by atoms with van der Waals surface area (Å²) in [6, 6.07) is 14.2. The van der Waals surface area contributed by atoms with E-state index in [1.165, 1.54) is 18.9 Å². The topological polar surface area (TPSA) is 79.2 Å². The molecule has 2 fully saturated rings. The van der Waals surface area contributed by atoms with Crippen molar-refractivity contribution in [3.63, 3.8) is 0 Å². The maximum absolute atomic E-state index is 13.7. The third-order valence-electron chi connectivity index (χ3n) is 7.78. The minimum atomic E-state index is -0.435. The molecule has 3 atom stereocenters. The lowest BCUT2D eigenvalue weighted by atomic mass is 9.96. The maximum Gasteiger partial charge on any atom is 0.415 e. The van der Waals surface area contributed by atoms with Crippen LogP contribution >= 0.6 is 0 Å². The molecular weight excluding hydrogens is 466 g/mol. The fraction of sp³-hybridized carbons (Fsp3) is 0.379. The molecule has 2 aromatic carbocycles. The van der Waals surface area contributed by atoms with Crippen LogP contribution in [-0.4, -0.2) is 55.3 Å². The molecule has 0 spiro atoms. The van der Waals surface area contributed by atoms with Gasteiger partial charge >= 0.3 is 6.09 Å². The van der Waals surface area contributed by atoms with Crippen LogP contribution in [0.5, 0.6) is 0 Å². The van der Waals surface area contributed by atoms with Gasteiger partial charge in [-0.3, -0.25) is 14.6 Å². The number of nitrogens with one attached hydrogen (secondary N) is 1. The third kappa shape index (κ3) is 4.45. The van der Waals surface area contributed by atoms with Crippen molar-refractivity contribution < 1.29 is 14.3 Å². The molecule has 1 saturated heterocycles. The zero-order valence-electron chi connectivity index (χ0n) is 20.9. The smallest absolute Gasteiger partial charge is 0.415 e. The molecule has 0 bridgehead atoms. The Morgan fingerprint density at radius 3 is 2.70 bits per heavy atom. The predicted octanol–water partition coefficient (Wildman–Crippen LogP) is 4.41. The first-order chi connectivity index (χ1) is 18.1. The normalized spacial score (nSPS) is 25.2. The van der Waals surface area contributed by atoms with E-state index in [1.807, 2.05) is 30.3 Å². The molecular formula is C29H32N5O3-. The highest BCUT2D eigenvalue weighted by atomic mass is 16.6. The number of ether oxygens (including phenoxy) is 1. The second kappa shape index (κ2) is 9.78. The number of amides is 2. The highest BCUT2D eigenvalue weighted by molar-refractivity contribution is 6.07. The quantitative estimate of drug-likeness (QED) is 0.488. The number of hydrogen-bond donors (Lipinski definition) is 1. The van der Waals surface area contributed by atoms with Gasteiger partial charge in [-0.2, -0.15) is 0 Å². The molecule has 1 saturated carbocycles. The first-order valence-corrected chi connectivity index (χ1v) is 13.0. The standard InChI is InChI=1S/C29H32N5O3/c1-3-22-18-32(29(36)37-27-16-30-14-20-7-5-6-8-24(20)27)26-13-19(9-12-25(26)34(22)28(35)4-2)21-15-31-33(17-21)23-10-11-23/h3-9,12-13,21-23,27,30H,1-2,10-11,14-18H2/q-1/t21?,22-,27?/m0/s1. The Balaban J connectivity index is 1.33. The SMILES string of the molecule is C=CC(=O)N1c2ccc(C3C[N-]N(C4CC4)C3)cc2N(C(=O)OC2CNCc3ccccc32)C[C@@H]1C=C. The molecule has 1 aliphatic carbocycles. The lowest BCUT2D eigenvalue weighted by molar-refractivity contribution is -0.114. The van der Waals surface area contributed by atoms with Crippen LogP contribution in [0.2, 0.25) is 0 Å². The molecule has 2 unspecified atom stereocenters. The number of benzene rings is 2. The molecule has 6 rings (SSSR count). The molecule has 3 heterocycles. The summed E-state index contributed by atoms with van der Waals surface area (Å²) in [5, 5.41) is 5.55. The summed E-state index contributed by atoms with van der Waals surface area (Å²) in [5.41, 5.74) is 9.31. The maximum atomic E-state index is 13.7. The van der Waals surface area contributed by atoms with E-state index >= 15 is 0 Å². The van der Waals surface area contributed by atoms with Gasteiger partial charge in [0.1, 0.15) is 6.10 Å². The van der Waals surface area contributed by atoms with Gasteiger partial charge in [0.25, 0.3) is 5.91 Å². The van der Waals surface area contributed by atoms with Gasteiger partial charge < -0.3 is 20.5 Å². The van der Waals surface area contributed by atoms with Crippen molar-refractivity contribution in [2.24, 2.45) is 0 Å². The van der Waals surface area contributed by atoms with Crippen molar-refractivity contribution in [2.45, 2.75) is 43.5 Å². The van der Waals surface area contributed by atoms with Crippen LogP contribution < -0.4 is 15.1 Å². The van der Waals surface area contributed by atoms with Gasteiger partial charge in [-0.15, -0.1) is 13.1 Å². The summed E-state index contributed by atoms with van der Waals surface area (Å²) in [7, 11) is 0. The second-order valence-electron chi connectivity index (χ2n) is 10.2. The Kier molecular flexibility index (Phi) is 6.32. The summed E-state index contributed by atoms with van der Waals surface area (Å²) >= 11 is 0. The van der Waals surface area contributed by atoms with Crippen LogP contribution in [-0.2, 0) is 16.1 Å². The molecule has 3 aliphatic heterocycles. The summed E-state index contributed by atoms with van der Waals surface area (Å²) < 4.78 is 6.09. The van der Waals surface area contributed by atoms with Crippen molar-refractivity contribution in [1.82, 2.24) is 10.3 Å². The number of anilines is 2. The molecule has 4 aliphatic rings. The van der Waals surface area contributed by atoms with Crippen LogP contribution in [0, 0.1) is 0 Å². The van der Waals surface area contributed by atoms with E-state index in [-0.39, 0.29) is 24.5 Å². The van der Waals surface area contributed by atoms with Gasteiger partial charge in [0.2, 0.25) is 0 Å². The Bertz CT molecular complexity index is 1240. The molecule has 8 nitrogen and oxygen atoms in total. The van der Waals surface area contributed by atoms with Crippen molar-refractivity contribution in [3.8, 4) is 0 Å². The fourth-order valence-electron chi connectivity index (χ4n) is 5.63. The largest absolute Gasteiger partial charge is 0.594 e. The zero-order valence-corrected chi connectivity index (χ0v) is 20.9. The van der Waals surface area contributed by atoms with E-state index in [0.717, 1.165) is 36.3 Å². The summed E-state index contributed by atoms with van der Waals surface area (Å²) in [6.45, 7) is 10.8. The van der Waals surface area contributed by atoms with Gasteiger partial charge in [0.15, 0.2) is 0 Å². The molecule has 0 radical (unpaired) electrons. The van der Waals surface area contributed by atoms with E-state index in [4.69, 9.17) is 10.2 Å². The first kappa shape index (κ1) is 23.9. The van der Waals surface area contributed by atoms with E-state index < -0.39 is 12.1 Å². The fourth-order valence-corrected chi connectivity index (χ4v) is 5.63. The van der Waals surface area contributed by atoms with Crippen LogP contribution in [0.4, 0.5) is 16.2 Å². The molecule has 2 amide bonds. The molecule has 2 aromatic rings. The van der Waals surface area contributed by atoms with Crippen LogP contribution in [0.3, 0.4) is 0 Å². The highest BCUT2D eigenvalue weighted by Gasteiger charge is 2.38. The number of hydrogen-bond acceptors (Lipinski definition) is 5. The van der Waals surface area contributed by atoms with E-state index in [9.17, 15) is 9.59 Å². The predicted molar refractivity (Wildman–Crippen MR) is 144 cm³/mol. The summed E-state index contributed by atoms with van der Waals surface area (Å²) in [5.74, 6) is 0.0203. The van der Waals surface area contributed by atoms with Gasteiger partial charge in [-0.25, -0.2) is 4.79 Å². The minimum Gasteiger partial charge on any atom is -0.594 e. The summed E-state index contributed by atoms with van der Waals surface area (Å²) in [6.07, 6.45) is 4.59. The van der Waals surface area contributed by atoms with Crippen molar-refractivity contribution in [2.75, 3.05) is 36.0 Å². The average Bonchev–Trinajstić information content (AvgIpc) is 3.67. The number of carbonyl (C=O) groups is 2. The number of rotatable bonds is 5. The van der Waals surface area contributed by atoms with E-state index in [2.05, 4.69) is 35.6 Å². The molecule has 8 heteroatoms. The Labute approximate surface area is 217 Å². The Morgan fingerprint density at radius 1 is 1.08 bits per heavy atom. The van der Waals surface area contributed by atoms with Crippen LogP contribution in [0.25, 0.3) is 5.43 Å². The minimum absolute atomic E-state index is 0.229. The molecule has 37 heavy (non-hydrogen) atoms. The van der Waals surface area contributed by atoms with E-state index in [1.54, 1.807) is 15.9 Å². The van der Waals surface area contributed by atoms with Crippen molar-refractivity contribution in [1.29, 1.82) is 0 Å². The second-order valence-corrected chi connectivity index (χ2v) is 10.2. The highest BCUT2D eigenvalue weighted by Crippen LogP contribution is 2.42. The molecule has 1 N–H and O–H groups in total. The summed E-state index contributed by atoms with van der Waals surface area (Å²) in [4.78, 5) is 29.9. The van der Waals surface area contributed by atoms with Gasteiger partial charge in [-0.05, 0) is 66.2 Å². The average molecular weight is 499 g/mol. The molecule has 192 valence electrons. The van der Waals surface area contributed by atoms with Gasteiger partial charge in [0.05, 0.1) is 24.0 Å². The number of fused-ring (bicyclic) bond motifs is 2. The Hall–Kier alpha value is -3.46. The van der Waals surface area contributed by atoms with Crippen LogP contribution in [0.15, 0.2) is 67.8 Å². The van der Waals surface area contributed by atoms with Gasteiger partial charge in [0, 0.05) is 13.1 Å².